The summed E-state index contributed by atoms with van der Waals surface area (Å²) in [5, 5.41) is 0. The fourth-order valence-corrected chi connectivity index (χ4v) is 10.6. The Morgan fingerprint density at radius 1 is 0.279 bits per heavy atom. The third-order valence-corrected chi connectivity index (χ3v) is 13.5. The highest BCUT2D eigenvalue weighted by Gasteiger charge is 2.40. The standard InChI is InChI=1S/C60H47N/c1-59(2)52-32-16-14-27-50(52)56-45(28-17-33-53(56)59)42-36-38-43(39-37-42)61(55-35-19-30-49-47-25-13-15-31-51(47)60(3,4)58(49)55)54-34-18-29-46(41-22-9-6-10-23-41)57(54)48-26-12-11-24-44(48)40-20-7-5-8-21-40/h5-39H,1-4H3. The maximum atomic E-state index is 2.55. The summed E-state index contributed by atoms with van der Waals surface area (Å²) in [6.45, 7) is 9.50. The predicted octanol–water partition coefficient (Wildman–Crippen LogP) is 16.4. The topological polar surface area (TPSA) is 3.24 Å². The van der Waals surface area contributed by atoms with Crippen molar-refractivity contribution >= 4 is 17.1 Å². The van der Waals surface area contributed by atoms with Crippen LogP contribution < -0.4 is 4.90 Å². The molecule has 1 heteroatoms. The van der Waals surface area contributed by atoms with Crippen molar-refractivity contribution in [1.29, 1.82) is 0 Å². The molecule has 0 amide bonds. The van der Waals surface area contributed by atoms with Gasteiger partial charge < -0.3 is 4.90 Å². The third-order valence-electron chi connectivity index (χ3n) is 13.5. The number of hydrogen-bond donors (Lipinski definition) is 0. The molecule has 0 unspecified atom stereocenters. The van der Waals surface area contributed by atoms with E-state index in [1.54, 1.807) is 0 Å². The lowest BCUT2D eigenvalue weighted by atomic mass is 9.81. The van der Waals surface area contributed by atoms with Gasteiger partial charge in [-0.25, -0.2) is 0 Å². The second-order valence-electron chi connectivity index (χ2n) is 17.6. The van der Waals surface area contributed by atoms with E-state index in [1.807, 2.05) is 0 Å². The number of fused-ring (bicyclic) bond motifs is 6. The van der Waals surface area contributed by atoms with Crippen LogP contribution in [0.5, 0.6) is 0 Å². The highest BCUT2D eigenvalue weighted by Crippen LogP contribution is 2.57. The molecule has 292 valence electrons. The molecule has 0 bridgehead atoms. The summed E-state index contributed by atoms with van der Waals surface area (Å²) in [7, 11) is 0. The molecule has 0 atom stereocenters. The molecule has 9 aromatic carbocycles. The molecule has 0 spiro atoms. The Morgan fingerprint density at radius 2 is 0.721 bits per heavy atom. The molecule has 9 aromatic rings. The van der Waals surface area contributed by atoms with E-state index in [9.17, 15) is 0 Å². The maximum absolute atomic E-state index is 2.55. The van der Waals surface area contributed by atoms with Gasteiger partial charge in [0.25, 0.3) is 0 Å². The first-order chi connectivity index (χ1) is 29.8. The van der Waals surface area contributed by atoms with E-state index in [2.05, 4.69) is 245 Å². The van der Waals surface area contributed by atoms with Crippen molar-refractivity contribution in [3.63, 3.8) is 0 Å². The molecule has 0 fully saturated rings. The van der Waals surface area contributed by atoms with Crippen LogP contribution in [0.1, 0.15) is 49.9 Å². The minimum atomic E-state index is -0.232. The van der Waals surface area contributed by atoms with E-state index in [0.29, 0.717) is 0 Å². The van der Waals surface area contributed by atoms with Crippen molar-refractivity contribution in [3.05, 3.63) is 235 Å². The zero-order valence-corrected chi connectivity index (χ0v) is 35.2. The summed E-state index contributed by atoms with van der Waals surface area (Å²) in [5.41, 5.74) is 23.6. The molecule has 0 saturated heterocycles. The maximum Gasteiger partial charge on any atom is 0.0546 e. The van der Waals surface area contributed by atoms with Crippen LogP contribution in [-0.4, -0.2) is 0 Å². The second-order valence-corrected chi connectivity index (χ2v) is 17.6. The molecule has 0 N–H and O–H groups in total. The summed E-state index contributed by atoms with van der Waals surface area (Å²) in [6, 6.07) is 78.5. The summed E-state index contributed by atoms with van der Waals surface area (Å²) >= 11 is 0. The van der Waals surface area contributed by atoms with Gasteiger partial charge in [0.1, 0.15) is 0 Å². The number of benzene rings is 9. The Balaban J connectivity index is 1.18. The highest BCUT2D eigenvalue weighted by molar-refractivity contribution is 6.03. The van der Waals surface area contributed by atoms with E-state index < -0.39 is 0 Å². The van der Waals surface area contributed by atoms with Gasteiger partial charge in [-0.05, 0) is 108 Å². The van der Waals surface area contributed by atoms with Crippen molar-refractivity contribution in [2.24, 2.45) is 0 Å². The minimum absolute atomic E-state index is 0.0625. The highest BCUT2D eigenvalue weighted by atomic mass is 15.1. The number of hydrogen-bond acceptors (Lipinski definition) is 1. The average Bonchev–Trinajstić information content (AvgIpc) is 3.70. The number of rotatable bonds is 7. The first kappa shape index (κ1) is 36.8. The van der Waals surface area contributed by atoms with Gasteiger partial charge in [-0.15, -0.1) is 0 Å². The quantitative estimate of drug-likeness (QED) is 0.156. The molecule has 2 aliphatic rings. The van der Waals surface area contributed by atoms with Gasteiger partial charge in [-0.2, -0.15) is 0 Å². The van der Waals surface area contributed by atoms with Crippen LogP contribution in [0.2, 0.25) is 0 Å². The molecule has 0 saturated carbocycles. The average molecular weight is 782 g/mol. The first-order valence-electron chi connectivity index (χ1n) is 21.5. The second kappa shape index (κ2) is 14.2. The molecule has 2 aliphatic carbocycles. The van der Waals surface area contributed by atoms with Gasteiger partial charge in [-0.3, -0.25) is 0 Å². The third kappa shape index (κ3) is 5.76. The molecule has 0 radical (unpaired) electrons. The van der Waals surface area contributed by atoms with Gasteiger partial charge >= 0.3 is 0 Å². The van der Waals surface area contributed by atoms with Gasteiger partial charge in [0.05, 0.1) is 11.4 Å². The van der Waals surface area contributed by atoms with Crippen LogP contribution in [0.3, 0.4) is 0 Å². The Labute approximate surface area is 360 Å². The lowest BCUT2D eigenvalue weighted by molar-refractivity contribution is 0.660. The molecular formula is C60H47N. The van der Waals surface area contributed by atoms with E-state index in [0.717, 1.165) is 11.4 Å². The van der Waals surface area contributed by atoms with Gasteiger partial charge in [0.15, 0.2) is 0 Å². The predicted molar refractivity (Wildman–Crippen MR) is 258 cm³/mol. The fraction of sp³-hybridized carbons (Fsp3) is 0.100. The van der Waals surface area contributed by atoms with E-state index in [4.69, 9.17) is 0 Å². The van der Waals surface area contributed by atoms with E-state index in [-0.39, 0.29) is 10.8 Å². The van der Waals surface area contributed by atoms with Crippen molar-refractivity contribution < 1.29 is 0 Å². The molecule has 1 nitrogen and oxygen atoms in total. The zero-order chi connectivity index (χ0) is 41.3. The smallest absolute Gasteiger partial charge is 0.0546 e. The number of nitrogens with zero attached hydrogens (tertiary/aromatic N) is 1. The van der Waals surface area contributed by atoms with Crippen LogP contribution in [-0.2, 0) is 10.8 Å². The summed E-state index contributed by atoms with van der Waals surface area (Å²) in [4.78, 5) is 2.55. The summed E-state index contributed by atoms with van der Waals surface area (Å²) < 4.78 is 0. The molecule has 0 aromatic heterocycles. The molecule has 0 aliphatic heterocycles. The number of anilines is 3. The van der Waals surface area contributed by atoms with Crippen molar-refractivity contribution in [1.82, 2.24) is 0 Å². The van der Waals surface area contributed by atoms with Gasteiger partial charge in [0, 0.05) is 22.1 Å². The van der Waals surface area contributed by atoms with Crippen molar-refractivity contribution in [2.75, 3.05) is 4.90 Å². The normalized spacial score (nSPS) is 13.8. The molecule has 61 heavy (non-hydrogen) atoms. The van der Waals surface area contributed by atoms with Crippen LogP contribution in [0.4, 0.5) is 17.1 Å². The van der Waals surface area contributed by atoms with Crippen LogP contribution in [0, 0.1) is 0 Å². The zero-order valence-electron chi connectivity index (χ0n) is 35.2. The lowest BCUT2D eigenvalue weighted by Crippen LogP contribution is -2.21. The van der Waals surface area contributed by atoms with Crippen molar-refractivity contribution in [3.8, 4) is 66.8 Å². The molecule has 0 heterocycles. The fourth-order valence-electron chi connectivity index (χ4n) is 10.6. The van der Waals surface area contributed by atoms with E-state index >= 15 is 0 Å². The van der Waals surface area contributed by atoms with Crippen LogP contribution in [0.15, 0.2) is 212 Å². The van der Waals surface area contributed by atoms with Gasteiger partial charge in [0.2, 0.25) is 0 Å². The Morgan fingerprint density at radius 3 is 1.39 bits per heavy atom. The monoisotopic (exact) mass is 781 g/mol. The summed E-state index contributed by atoms with van der Waals surface area (Å²) in [5.74, 6) is 0. The largest absolute Gasteiger partial charge is 0.310 e. The molecular weight excluding hydrogens is 735 g/mol. The summed E-state index contributed by atoms with van der Waals surface area (Å²) in [6.07, 6.45) is 0. The SMILES string of the molecule is CC1(C)c2ccccc2-c2c(-c3ccc(N(c4cccc(-c5ccccc5)c4-c4ccccc4-c4ccccc4)c4cccc5c4C(C)(C)c4ccccc4-5)cc3)cccc21. The Kier molecular flexibility index (Phi) is 8.58. The Bertz CT molecular complexity index is 3120. The van der Waals surface area contributed by atoms with E-state index in [1.165, 1.54) is 94.7 Å². The minimum Gasteiger partial charge on any atom is -0.310 e. The van der Waals surface area contributed by atoms with Crippen LogP contribution >= 0.6 is 0 Å². The Hall–Kier alpha value is -7.22. The molecule has 11 rings (SSSR count). The van der Waals surface area contributed by atoms with Crippen molar-refractivity contribution in [2.45, 2.75) is 38.5 Å². The lowest BCUT2D eigenvalue weighted by Gasteiger charge is -2.34. The first-order valence-corrected chi connectivity index (χ1v) is 21.5. The van der Waals surface area contributed by atoms with Crippen LogP contribution in [0.25, 0.3) is 66.8 Å². The van der Waals surface area contributed by atoms with Gasteiger partial charge in [-0.1, -0.05) is 216 Å².